The molecule has 4 rings (SSSR count). The molecule has 1 aromatic carbocycles. The van der Waals surface area contributed by atoms with Crippen LogP contribution in [0.25, 0.3) is 10.9 Å². The van der Waals surface area contributed by atoms with Gasteiger partial charge >= 0.3 is 5.97 Å². The number of carboxylic acid groups (broad SMARTS) is 1. The normalized spacial score (nSPS) is 19.6. The zero-order valence-electron chi connectivity index (χ0n) is 13.9. The third kappa shape index (κ3) is 2.35. The highest BCUT2D eigenvalue weighted by molar-refractivity contribution is 7.99. The summed E-state index contributed by atoms with van der Waals surface area (Å²) in [6.07, 6.45) is 0. The van der Waals surface area contributed by atoms with Crippen LogP contribution in [0, 0.1) is 12.7 Å². The van der Waals surface area contributed by atoms with E-state index in [0.29, 0.717) is 35.2 Å². The zero-order chi connectivity index (χ0) is 17.9. The lowest BCUT2D eigenvalue weighted by Crippen LogP contribution is -2.49. The molecule has 0 bridgehead atoms. The first-order chi connectivity index (χ1) is 11.9. The number of nitrogens with zero attached hydrogens (tertiary/aromatic N) is 2. The van der Waals surface area contributed by atoms with Crippen LogP contribution >= 0.6 is 11.8 Å². The molecule has 0 amide bonds. The number of piperazine rings is 1. The molecule has 1 aromatic heterocycles. The molecule has 2 N–H and O–H groups in total. The summed E-state index contributed by atoms with van der Waals surface area (Å²) in [5.41, 5.74) is 0.460. The quantitative estimate of drug-likeness (QED) is 0.850. The van der Waals surface area contributed by atoms with E-state index in [1.54, 1.807) is 17.6 Å². The number of anilines is 1. The van der Waals surface area contributed by atoms with Gasteiger partial charge < -0.3 is 19.9 Å². The molecule has 25 heavy (non-hydrogen) atoms. The van der Waals surface area contributed by atoms with Crippen LogP contribution in [0.1, 0.15) is 22.8 Å². The number of aromatic nitrogens is 1. The predicted octanol–water partition coefficient (Wildman–Crippen LogP) is 2.01. The number of aromatic carboxylic acids is 1. The van der Waals surface area contributed by atoms with Gasteiger partial charge in [-0.1, -0.05) is 11.8 Å². The maximum absolute atomic E-state index is 15.0. The van der Waals surface area contributed by atoms with Crippen LogP contribution in [0.3, 0.4) is 0 Å². The van der Waals surface area contributed by atoms with E-state index in [1.165, 1.54) is 11.8 Å². The number of thioether (sulfide) groups is 1. The minimum Gasteiger partial charge on any atom is -0.477 e. The smallest absolute Gasteiger partial charge is 0.342 e. The van der Waals surface area contributed by atoms with Crippen LogP contribution in [-0.4, -0.2) is 41.3 Å². The summed E-state index contributed by atoms with van der Waals surface area (Å²) in [5.74, 6) is -1.14. The molecular formula is C17H18FN3O3S. The average molecular weight is 363 g/mol. The second kappa shape index (κ2) is 5.74. The Labute approximate surface area is 147 Å². The van der Waals surface area contributed by atoms with E-state index in [1.807, 2.05) is 11.8 Å². The Hall–Kier alpha value is -2.06. The van der Waals surface area contributed by atoms with E-state index >= 15 is 4.39 Å². The number of halogens is 1. The molecule has 6 nitrogen and oxygen atoms in total. The maximum Gasteiger partial charge on any atom is 0.342 e. The van der Waals surface area contributed by atoms with E-state index in [9.17, 15) is 14.7 Å². The first kappa shape index (κ1) is 16.4. The molecular weight excluding hydrogens is 345 g/mol. The number of nitrogens with one attached hydrogen (secondary N) is 1. The van der Waals surface area contributed by atoms with Crippen molar-refractivity contribution in [3.8, 4) is 0 Å². The van der Waals surface area contributed by atoms with E-state index < -0.39 is 17.2 Å². The third-order valence-electron chi connectivity index (χ3n) is 4.92. The molecule has 2 aliphatic rings. The topological polar surface area (TPSA) is 74.6 Å². The van der Waals surface area contributed by atoms with Gasteiger partial charge in [0.05, 0.1) is 27.5 Å². The Bertz CT molecular complexity index is 972. The standard InChI is InChI=1S/C17H18FN3O3S/c1-8-6-20(4-3-19-8)11-5-10-12(9(2)14(11)18)15(22)13(17(23)24)16-21(10)7-25-16/h5,8,19H,3-4,6-7H2,1-2H3,(H,23,24). The predicted molar refractivity (Wildman–Crippen MR) is 95.4 cm³/mol. The number of hydrogen-bond donors (Lipinski definition) is 2. The SMILES string of the molecule is Cc1c(F)c(N2CCNC(C)C2)cc2c1c(=O)c(C(=O)O)c1n2CS1. The van der Waals surface area contributed by atoms with Crippen LogP contribution < -0.4 is 15.6 Å². The Kier molecular flexibility index (Phi) is 3.77. The largest absolute Gasteiger partial charge is 0.477 e. The van der Waals surface area contributed by atoms with Crippen LogP contribution in [0.2, 0.25) is 0 Å². The molecule has 2 aliphatic heterocycles. The molecule has 132 valence electrons. The number of carbonyl (C=O) groups is 1. The fraction of sp³-hybridized carbons (Fsp3) is 0.412. The van der Waals surface area contributed by atoms with Crippen LogP contribution in [-0.2, 0) is 5.88 Å². The zero-order valence-corrected chi connectivity index (χ0v) is 14.7. The first-order valence-corrected chi connectivity index (χ1v) is 9.12. The lowest BCUT2D eigenvalue weighted by Gasteiger charge is -2.35. The van der Waals surface area contributed by atoms with E-state index in [0.717, 1.165) is 6.54 Å². The summed E-state index contributed by atoms with van der Waals surface area (Å²) in [6, 6.07) is 1.95. The lowest BCUT2D eigenvalue weighted by atomic mass is 10.0. The van der Waals surface area contributed by atoms with Crippen molar-refractivity contribution < 1.29 is 14.3 Å². The Balaban J connectivity index is 2.00. The summed E-state index contributed by atoms with van der Waals surface area (Å²) in [5, 5.41) is 13.3. The first-order valence-electron chi connectivity index (χ1n) is 8.14. The number of rotatable bonds is 2. The lowest BCUT2D eigenvalue weighted by molar-refractivity contribution is 0.0689. The summed E-state index contributed by atoms with van der Waals surface area (Å²) in [7, 11) is 0. The fourth-order valence-electron chi connectivity index (χ4n) is 3.63. The minimum atomic E-state index is -1.26. The van der Waals surface area contributed by atoms with Crippen LogP contribution in [0.15, 0.2) is 15.9 Å². The van der Waals surface area contributed by atoms with Crippen molar-refractivity contribution >= 4 is 34.3 Å². The molecule has 0 saturated carbocycles. The van der Waals surface area contributed by atoms with E-state index in [2.05, 4.69) is 5.32 Å². The number of fused-ring (bicyclic) bond motifs is 3. The number of aryl methyl sites for hydroxylation is 1. The van der Waals surface area contributed by atoms with Crippen molar-refractivity contribution in [2.75, 3.05) is 24.5 Å². The van der Waals surface area contributed by atoms with Gasteiger partial charge in [-0.3, -0.25) is 4.79 Å². The summed E-state index contributed by atoms with van der Waals surface area (Å²) < 4.78 is 16.8. The van der Waals surface area contributed by atoms with Crippen molar-refractivity contribution in [3.05, 3.63) is 33.2 Å². The molecule has 0 spiro atoms. The molecule has 1 fully saturated rings. The van der Waals surface area contributed by atoms with Gasteiger partial charge in [-0.25, -0.2) is 9.18 Å². The third-order valence-corrected chi connectivity index (χ3v) is 6.00. The summed E-state index contributed by atoms with van der Waals surface area (Å²) >= 11 is 1.33. The monoisotopic (exact) mass is 363 g/mol. The van der Waals surface area contributed by atoms with Gasteiger partial charge in [0.2, 0.25) is 5.43 Å². The highest BCUT2D eigenvalue weighted by Gasteiger charge is 2.30. The van der Waals surface area contributed by atoms with Crippen molar-refractivity contribution in [2.24, 2.45) is 0 Å². The van der Waals surface area contributed by atoms with E-state index in [-0.39, 0.29) is 22.6 Å². The molecule has 1 saturated heterocycles. The Morgan fingerprint density at radius 1 is 1.48 bits per heavy atom. The van der Waals surface area contributed by atoms with Gasteiger partial charge in [0.25, 0.3) is 0 Å². The molecule has 3 heterocycles. The highest BCUT2D eigenvalue weighted by Crippen LogP contribution is 2.39. The number of pyridine rings is 1. The van der Waals surface area contributed by atoms with Gasteiger partial charge in [0, 0.05) is 31.2 Å². The fourth-order valence-corrected chi connectivity index (χ4v) is 4.58. The highest BCUT2D eigenvalue weighted by atomic mass is 32.2. The van der Waals surface area contributed by atoms with Crippen molar-refractivity contribution in [1.82, 2.24) is 9.88 Å². The number of benzene rings is 1. The van der Waals surface area contributed by atoms with Gasteiger partial charge in [0.1, 0.15) is 11.4 Å². The Morgan fingerprint density at radius 3 is 2.84 bits per heavy atom. The van der Waals surface area contributed by atoms with Gasteiger partial charge in [0.15, 0.2) is 0 Å². The summed E-state index contributed by atoms with van der Waals surface area (Å²) in [6.45, 7) is 5.74. The van der Waals surface area contributed by atoms with E-state index in [4.69, 9.17) is 0 Å². The van der Waals surface area contributed by atoms with Gasteiger partial charge in [-0.05, 0) is 19.9 Å². The van der Waals surface area contributed by atoms with Crippen molar-refractivity contribution in [3.63, 3.8) is 0 Å². The molecule has 2 aromatic rings. The van der Waals surface area contributed by atoms with Crippen molar-refractivity contribution in [1.29, 1.82) is 0 Å². The molecule has 0 radical (unpaired) electrons. The second-order valence-electron chi connectivity index (χ2n) is 6.55. The second-order valence-corrected chi connectivity index (χ2v) is 7.48. The maximum atomic E-state index is 15.0. The number of hydrogen-bond acceptors (Lipinski definition) is 5. The molecule has 1 atom stereocenters. The molecule has 1 unspecified atom stereocenters. The summed E-state index contributed by atoms with van der Waals surface area (Å²) in [4.78, 5) is 26.2. The Morgan fingerprint density at radius 2 is 2.24 bits per heavy atom. The van der Waals surface area contributed by atoms with Crippen LogP contribution in [0.4, 0.5) is 10.1 Å². The van der Waals surface area contributed by atoms with Crippen LogP contribution in [0.5, 0.6) is 0 Å². The van der Waals surface area contributed by atoms with Gasteiger partial charge in [-0.2, -0.15) is 0 Å². The van der Waals surface area contributed by atoms with Gasteiger partial charge in [-0.15, -0.1) is 0 Å². The molecule has 0 aliphatic carbocycles. The minimum absolute atomic E-state index is 0.172. The molecule has 8 heteroatoms. The number of carboxylic acids is 1. The average Bonchev–Trinajstić information content (AvgIpc) is 2.53. The van der Waals surface area contributed by atoms with Crippen molar-refractivity contribution in [2.45, 2.75) is 30.8 Å².